The van der Waals surface area contributed by atoms with E-state index >= 15 is 0 Å². The lowest BCUT2D eigenvalue weighted by atomic mass is 10.1. The number of aromatic nitrogens is 2. The summed E-state index contributed by atoms with van der Waals surface area (Å²) in [5, 5.41) is 4.53. The van der Waals surface area contributed by atoms with E-state index < -0.39 is 0 Å². The molecule has 0 aliphatic carbocycles. The molecule has 4 nitrogen and oxygen atoms in total. The van der Waals surface area contributed by atoms with Gasteiger partial charge in [0.05, 0.1) is 6.54 Å². The van der Waals surface area contributed by atoms with E-state index in [4.69, 9.17) is 0 Å². The summed E-state index contributed by atoms with van der Waals surface area (Å²) in [4.78, 5) is 15.6. The second-order valence-electron chi connectivity index (χ2n) is 6.05. The molecule has 0 bridgehead atoms. The zero-order valence-electron chi connectivity index (χ0n) is 13.9. The number of aryl methyl sites for hydroxylation is 1. The minimum atomic E-state index is 0.158. The molecule has 2 N–H and O–H groups in total. The summed E-state index contributed by atoms with van der Waals surface area (Å²) in [6.07, 6.45) is 2.96. The van der Waals surface area contributed by atoms with Crippen LogP contribution in [-0.2, 0) is 13.5 Å². The van der Waals surface area contributed by atoms with Gasteiger partial charge in [-0.1, -0.05) is 18.2 Å². The van der Waals surface area contributed by atoms with Gasteiger partial charge in [-0.3, -0.25) is 4.79 Å². The molecule has 0 saturated carbocycles. The van der Waals surface area contributed by atoms with E-state index in [1.807, 2.05) is 33.0 Å². The Labute approximate surface area is 136 Å². The first-order valence-corrected chi connectivity index (χ1v) is 7.99. The van der Waals surface area contributed by atoms with Gasteiger partial charge < -0.3 is 14.9 Å². The largest absolute Gasteiger partial charge is 0.361 e. The van der Waals surface area contributed by atoms with E-state index in [1.165, 1.54) is 10.9 Å². The quantitative estimate of drug-likeness (QED) is 0.543. The number of carbonyl (C=O) groups excluding carboxylic acids is 1. The number of hydrogen-bond donors (Lipinski definition) is 2. The summed E-state index contributed by atoms with van der Waals surface area (Å²) in [5.41, 5.74) is 5.42. The molecule has 1 aromatic carbocycles. The third kappa shape index (κ3) is 3.08. The number of hydrogen-bond acceptors (Lipinski definition) is 2. The highest BCUT2D eigenvalue weighted by Crippen LogP contribution is 2.17. The molecule has 23 heavy (non-hydrogen) atoms. The molecule has 0 atom stereocenters. The molecule has 0 saturated heterocycles. The maximum Gasteiger partial charge on any atom is 0.178 e. The zero-order chi connectivity index (χ0) is 16.4. The van der Waals surface area contributed by atoms with Crippen LogP contribution in [0.2, 0.25) is 0 Å². The number of nitrogens with one attached hydrogen (secondary N) is 2. The molecule has 3 rings (SSSR count). The maximum absolute atomic E-state index is 12.3. The number of ketones is 1. The van der Waals surface area contributed by atoms with Gasteiger partial charge in [-0.2, -0.15) is 0 Å². The molecule has 0 aliphatic rings. The number of rotatable bonds is 6. The summed E-state index contributed by atoms with van der Waals surface area (Å²) in [7, 11) is 1.99. The summed E-state index contributed by atoms with van der Waals surface area (Å²) in [6, 6.07) is 10.3. The Hall–Kier alpha value is -2.33. The van der Waals surface area contributed by atoms with Crippen molar-refractivity contribution in [2.75, 3.05) is 13.1 Å². The molecule has 2 heterocycles. The lowest BCUT2D eigenvalue weighted by molar-refractivity contribution is 0.0990. The second-order valence-corrected chi connectivity index (χ2v) is 6.05. The second kappa shape index (κ2) is 6.42. The number of benzene rings is 1. The van der Waals surface area contributed by atoms with Gasteiger partial charge in [0, 0.05) is 41.1 Å². The van der Waals surface area contributed by atoms with Gasteiger partial charge in [-0.05, 0) is 44.5 Å². The van der Waals surface area contributed by atoms with Crippen LogP contribution in [0.5, 0.6) is 0 Å². The molecule has 120 valence electrons. The molecule has 0 radical (unpaired) electrons. The number of carbonyl (C=O) groups is 1. The first-order valence-electron chi connectivity index (χ1n) is 7.99. The fourth-order valence-corrected chi connectivity index (χ4v) is 3.00. The normalized spacial score (nSPS) is 11.3. The van der Waals surface area contributed by atoms with Gasteiger partial charge in [0.15, 0.2) is 5.78 Å². The van der Waals surface area contributed by atoms with Gasteiger partial charge >= 0.3 is 0 Å². The summed E-state index contributed by atoms with van der Waals surface area (Å²) < 4.78 is 2.05. The zero-order valence-corrected chi connectivity index (χ0v) is 13.9. The maximum atomic E-state index is 12.3. The van der Waals surface area contributed by atoms with Crippen molar-refractivity contribution < 1.29 is 4.79 Å². The van der Waals surface area contributed by atoms with Crippen molar-refractivity contribution in [1.29, 1.82) is 0 Å². The molecule has 2 aromatic heterocycles. The van der Waals surface area contributed by atoms with E-state index in [-0.39, 0.29) is 5.78 Å². The molecule has 0 spiro atoms. The molecular weight excluding hydrogens is 286 g/mol. The molecule has 4 heteroatoms. The van der Waals surface area contributed by atoms with E-state index in [0.717, 1.165) is 35.4 Å². The lowest BCUT2D eigenvalue weighted by Crippen LogP contribution is -2.25. The van der Waals surface area contributed by atoms with Gasteiger partial charge in [0.1, 0.15) is 0 Å². The van der Waals surface area contributed by atoms with Crippen molar-refractivity contribution in [3.63, 3.8) is 0 Å². The lowest BCUT2D eigenvalue weighted by Gasteiger charge is -2.05. The van der Waals surface area contributed by atoms with Crippen LogP contribution in [0.25, 0.3) is 10.9 Å². The molecule has 0 amide bonds. The predicted octanol–water partition coefficient (Wildman–Crippen LogP) is 3.14. The van der Waals surface area contributed by atoms with Gasteiger partial charge in [-0.25, -0.2) is 0 Å². The summed E-state index contributed by atoms with van der Waals surface area (Å²) in [5.74, 6) is 0.158. The molecule has 0 aliphatic heterocycles. The Morgan fingerprint density at radius 1 is 1.26 bits per heavy atom. The van der Waals surface area contributed by atoms with Crippen LogP contribution in [0.4, 0.5) is 0 Å². The van der Waals surface area contributed by atoms with Crippen molar-refractivity contribution in [1.82, 2.24) is 14.9 Å². The van der Waals surface area contributed by atoms with E-state index in [0.29, 0.717) is 6.54 Å². The fourth-order valence-electron chi connectivity index (χ4n) is 3.00. The van der Waals surface area contributed by atoms with Crippen LogP contribution in [-0.4, -0.2) is 28.4 Å². The first-order chi connectivity index (χ1) is 11.1. The minimum Gasteiger partial charge on any atom is -0.361 e. The SMILES string of the molecule is Cc1cc(C(=O)CNCCc2c[nH]c3ccccc23)c(C)n1C. The third-order valence-corrected chi connectivity index (χ3v) is 4.61. The number of nitrogens with zero attached hydrogens (tertiary/aromatic N) is 1. The Morgan fingerprint density at radius 3 is 2.78 bits per heavy atom. The third-order valence-electron chi connectivity index (χ3n) is 4.61. The minimum absolute atomic E-state index is 0.158. The highest BCUT2D eigenvalue weighted by Gasteiger charge is 2.13. The number of Topliss-reactive ketones (excluding diaryl/α,β-unsaturated/α-hetero) is 1. The Bertz CT molecular complexity index is 842. The van der Waals surface area contributed by atoms with E-state index in [2.05, 4.69) is 39.3 Å². The van der Waals surface area contributed by atoms with Crippen molar-refractivity contribution >= 4 is 16.7 Å². The van der Waals surface area contributed by atoms with Crippen LogP contribution in [0.15, 0.2) is 36.5 Å². The van der Waals surface area contributed by atoms with Gasteiger partial charge in [-0.15, -0.1) is 0 Å². The molecule has 0 unspecified atom stereocenters. The van der Waals surface area contributed by atoms with Gasteiger partial charge in [0.2, 0.25) is 0 Å². The Balaban J connectivity index is 1.55. The molecular formula is C19H23N3O. The van der Waals surface area contributed by atoms with Crippen LogP contribution in [0.1, 0.15) is 27.3 Å². The Morgan fingerprint density at radius 2 is 2.04 bits per heavy atom. The smallest absolute Gasteiger partial charge is 0.178 e. The topological polar surface area (TPSA) is 49.8 Å². The van der Waals surface area contributed by atoms with Crippen LogP contribution >= 0.6 is 0 Å². The average molecular weight is 309 g/mol. The summed E-state index contributed by atoms with van der Waals surface area (Å²) in [6.45, 7) is 5.19. The fraction of sp³-hybridized carbons (Fsp3) is 0.316. The monoisotopic (exact) mass is 309 g/mol. The molecule has 3 aromatic rings. The van der Waals surface area contributed by atoms with Crippen molar-refractivity contribution in [2.45, 2.75) is 20.3 Å². The van der Waals surface area contributed by atoms with Crippen molar-refractivity contribution in [3.8, 4) is 0 Å². The number of aromatic amines is 1. The van der Waals surface area contributed by atoms with Crippen molar-refractivity contribution in [2.24, 2.45) is 7.05 Å². The molecule has 0 fully saturated rings. The van der Waals surface area contributed by atoms with E-state index in [1.54, 1.807) is 0 Å². The standard InChI is InChI=1S/C19H23N3O/c1-13-10-17(14(2)22(13)3)19(23)12-20-9-8-15-11-21-18-7-5-4-6-16(15)18/h4-7,10-11,20-21H,8-9,12H2,1-3H3. The van der Waals surface area contributed by atoms with Crippen LogP contribution < -0.4 is 5.32 Å². The highest BCUT2D eigenvalue weighted by atomic mass is 16.1. The number of fused-ring (bicyclic) bond motifs is 1. The number of H-pyrrole nitrogens is 1. The predicted molar refractivity (Wildman–Crippen MR) is 94.1 cm³/mol. The summed E-state index contributed by atoms with van der Waals surface area (Å²) >= 11 is 0. The Kier molecular flexibility index (Phi) is 4.35. The van der Waals surface area contributed by atoms with E-state index in [9.17, 15) is 4.79 Å². The van der Waals surface area contributed by atoms with Crippen molar-refractivity contribution in [3.05, 3.63) is 59.0 Å². The van der Waals surface area contributed by atoms with Crippen LogP contribution in [0, 0.1) is 13.8 Å². The number of para-hydroxylation sites is 1. The average Bonchev–Trinajstić information content (AvgIpc) is 3.08. The van der Waals surface area contributed by atoms with Crippen LogP contribution in [0.3, 0.4) is 0 Å². The first kappa shape index (κ1) is 15.6. The van der Waals surface area contributed by atoms with Gasteiger partial charge in [0.25, 0.3) is 0 Å². The highest BCUT2D eigenvalue weighted by molar-refractivity contribution is 5.99.